The number of pyridine rings is 1. The fraction of sp³-hybridized carbons (Fsp3) is 0.318. The summed E-state index contributed by atoms with van der Waals surface area (Å²) in [6.07, 6.45) is -1.99. The van der Waals surface area contributed by atoms with Crippen molar-refractivity contribution in [1.29, 1.82) is 0 Å². The average molecular weight is 421 g/mol. The van der Waals surface area contributed by atoms with E-state index < -0.39 is 17.3 Å². The minimum atomic E-state index is -4.55. The van der Waals surface area contributed by atoms with Gasteiger partial charge in [-0.05, 0) is 48.2 Å². The second-order valence-corrected chi connectivity index (χ2v) is 7.94. The maximum absolute atomic E-state index is 13.2. The molecule has 3 aromatic rings. The molecule has 2 aromatic carbocycles. The summed E-state index contributed by atoms with van der Waals surface area (Å²) in [5.41, 5.74) is 0.0754. The summed E-state index contributed by atoms with van der Waals surface area (Å²) in [5.74, 6) is 0. The van der Waals surface area contributed by atoms with Crippen LogP contribution in [-0.2, 0) is 18.3 Å². The number of nitrogens with zero attached hydrogens (tertiary/aromatic N) is 2. The second kappa shape index (κ2) is 7.59. The molecular formula is C22H20ClF3N2O. The molecule has 4 rings (SSSR count). The van der Waals surface area contributed by atoms with E-state index in [1.54, 1.807) is 0 Å². The fourth-order valence-corrected chi connectivity index (χ4v) is 4.09. The summed E-state index contributed by atoms with van der Waals surface area (Å²) in [7, 11) is 0. The van der Waals surface area contributed by atoms with Gasteiger partial charge in [-0.1, -0.05) is 35.9 Å². The first kappa shape index (κ1) is 20.1. The fourth-order valence-electron chi connectivity index (χ4n) is 3.86. The van der Waals surface area contributed by atoms with Crippen LogP contribution >= 0.6 is 11.6 Å². The summed E-state index contributed by atoms with van der Waals surface area (Å²) in [6.45, 7) is 1.84. The van der Waals surface area contributed by atoms with Crippen molar-refractivity contribution in [2.45, 2.75) is 31.2 Å². The van der Waals surface area contributed by atoms with Crippen molar-refractivity contribution in [1.82, 2.24) is 9.88 Å². The monoisotopic (exact) mass is 420 g/mol. The van der Waals surface area contributed by atoms with Crippen molar-refractivity contribution in [3.8, 4) is 0 Å². The van der Waals surface area contributed by atoms with Gasteiger partial charge in [-0.15, -0.1) is 0 Å². The van der Waals surface area contributed by atoms with Crippen LogP contribution in [0.15, 0.2) is 54.7 Å². The average Bonchev–Trinajstić information content (AvgIpc) is 2.69. The molecule has 0 saturated carbocycles. The van der Waals surface area contributed by atoms with Crippen molar-refractivity contribution in [2.24, 2.45) is 0 Å². The number of halogens is 4. The maximum Gasteiger partial charge on any atom is 0.417 e. The van der Waals surface area contributed by atoms with Gasteiger partial charge >= 0.3 is 6.18 Å². The summed E-state index contributed by atoms with van der Waals surface area (Å²) in [6, 6.07) is 13.7. The van der Waals surface area contributed by atoms with Crippen LogP contribution in [0.1, 0.15) is 29.5 Å². The number of hydrogen-bond donors (Lipinski definition) is 1. The molecule has 0 aliphatic carbocycles. The van der Waals surface area contributed by atoms with E-state index in [1.165, 1.54) is 12.1 Å². The number of alkyl halides is 3. The molecule has 0 unspecified atom stereocenters. The number of likely N-dealkylation sites (tertiary alicyclic amines) is 1. The highest BCUT2D eigenvalue weighted by Gasteiger charge is 2.38. The van der Waals surface area contributed by atoms with E-state index >= 15 is 0 Å². The zero-order valence-electron chi connectivity index (χ0n) is 15.6. The Morgan fingerprint density at radius 1 is 1.07 bits per heavy atom. The quantitative estimate of drug-likeness (QED) is 0.617. The van der Waals surface area contributed by atoms with Crippen molar-refractivity contribution in [3.63, 3.8) is 0 Å². The number of benzene rings is 2. The zero-order valence-corrected chi connectivity index (χ0v) is 16.3. The summed E-state index contributed by atoms with van der Waals surface area (Å²) < 4.78 is 39.5. The molecule has 1 fully saturated rings. The molecule has 1 aliphatic rings. The number of hydrogen-bond acceptors (Lipinski definition) is 3. The van der Waals surface area contributed by atoms with Crippen LogP contribution in [0.3, 0.4) is 0 Å². The normalized spacial score (nSPS) is 17.6. The predicted octanol–water partition coefficient (Wildman–Crippen LogP) is 5.39. The highest BCUT2D eigenvalue weighted by Crippen LogP contribution is 2.40. The lowest BCUT2D eigenvalue weighted by atomic mass is 9.83. The molecule has 7 heteroatoms. The Balaban J connectivity index is 1.47. The van der Waals surface area contributed by atoms with Crippen LogP contribution in [0.25, 0.3) is 10.9 Å². The second-order valence-electron chi connectivity index (χ2n) is 7.54. The molecule has 3 nitrogen and oxygen atoms in total. The molecule has 1 saturated heterocycles. The van der Waals surface area contributed by atoms with Gasteiger partial charge in [-0.3, -0.25) is 9.88 Å². The maximum atomic E-state index is 13.2. The largest absolute Gasteiger partial charge is 0.417 e. The van der Waals surface area contributed by atoms with Crippen molar-refractivity contribution < 1.29 is 18.3 Å². The number of piperidine rings is 1. The number of rotatable bonds is 3. The molecule has 1 aromatic heterocycles. The minimum Gasteiger partial charge on any atom is -0.385 e. The van der Waals surface area contributed by atoms with Gasteiger partial charge in [0.2, 0.25) is 0 Å². The van der Waals surface area contributed by atoms with Crippen LogP contribution < -0.4 is 0 Å². The third-order valence-corrected chi connectivity index (χ3v) is 5.88. The Labute approximate surface area is 171 Å². The van der Waals surface area contributed by atoms with Gasteiger partial charge in [-0.25, -0.2) is 0 Å². The molecular weight excluding hydrogens is 401 g/mol. The number of aromatic nitrogens is 1. The van der Waals surface area contributed by atoms with Crippen molar-refractivity contribution >= 4 is 22.5 Å². The van der Waals surface area contributed by atoms with E-state index in [0.717, 1.165) is 22.5 Å². The van der Waals surface area contributed by atoms with Gasteiger partial charge in [0.1, 0.15) is 0 Å². The molecule has 2 heterocycles. The van der Waals surface area contributed by atoms with Crippen LogP contribution in [-0.4, -0.2) is 28.1 Å². The van der Waals surface area contributed by atoms with Crippen LogP contribution in [0.5, 0.6) is 0 Å². The smallest absolute Gasteiger partial charge is 0.385 e. The lowest BCUT2D eigenvalue weighted by Crippen LogP contribution is -2.42. The van der Waals surface area contributed by atoms with Crippen molar-refractivity contribution in [2.75, 3.05) is 13.1 Å². The molecule has 1 aliphatic heterocycles. The molecule has 152 valence electrons. The summed E-state index contributed by atoms with van der Waals surface area (Å²) in [5, 5.41) is 11.7. The van der Waals surface area contributed by atoms with E-state index in [4.69, 9.17) is 11.6 Å². The highest BCUT2D eigenvalue weighted by molar-refractivity contribution is 6.31. The molecule has 1 N–H and O–H groups in total. The molecule has 29 heavy (non-hydrogen) atoms. The molecule has 0 amide bonds. The van der Waals surface area contributed by atoms with E-state index in [2.05, 4.69) is 16.0 Å². The highest BCUT2D eigenvalue weighted by atomic mass is 35.5. The lowest BCUT2D eigenvalue weighted by Gasteiger charge is -2.38. The van der Waals surface area contributed by atoms with Gasteiger partial charge in [0.05, 0.1) is 21.7 Å². The zero-order chi connectivity index (χ0) is 20.6. The lowest BCUT2D eigenvalue weighted by molar-refractivity contribution is -0.137. The van der Waals surface area contributed by atoms with Gasteiger partial charge in [-0.2, -0.15) is 13.2 Å². The molecule has 0 bridgehead atoms. The van der Waals surface area contributed by atoms with Gasteiger partial charge in [0.15, 0.2) is 0 Å². The van der Waals surface area contributed by atoms with E-state index in [9.17, 15) is 18.3 Å². The standard InChI is InChI=1S/C22H20ClF3N2O/c23-19-6-5-17(12-18(19)22(24,25)26)21(29)7-9-28(10-8-21)14-15-11-16-3-1-2-4-20(16)27-13-15/h1-6,11-13,29H,7-10,14H2. The number of aliphatic hydroxyl groups is 1. The SMILES string of the molecule is OC1(c2ccc(Cl)c(C(F)(F)F)c2)CCN(Cc2cnc3ccccc3c2)CC1. The van der Waals surface area contributed by atoms with E-state index in [0.29, 0.717) is 32.5 Å². The minimum absolute atomic E-state index is 0.265. The summed E-state index contributed by atoms with van der Waals surface area (Å²) >= 11 is 5.70. The van der Waals surface area contributed by atoms with E-state index in [1.807, 2.05) is 30.5 Å². The molecule has 0 radical (unpaired) electrons. The van der Waals surface area contributed by atoms with Crippen LogP contribution in [0.4, 0.5) is 13.2 Å². The van der Waals surface area contributed by atoms with Gasteiger partial charge in [0, 0.05) is 31.2 Å². The number of para-hydroxylation sites is 1. The Hall–Kier alpha value is -2.15. The van der Waals surface area contributed by atoms with Crippen LogP contribution in [0, 0.1) is 0 Å². The third kappa shape index (κ3) is 4.25. The Bertz CT molecular complexity index is 1030. The first-order valence-corrected chi connectivity index (χ1v) is 9.78. The Morgan fingerprint density at radius 2 is 1.79 bits per heavy atom. The van der Waals surface area contributed by atoms with Crippen molar-refractivity contribution in [3.05, 3.63) is 76.4 Å². The topological polar surface area (TPSA) is 36.4 Å². The summed E-state index contributed by atoms with van der Waals surface area (Å²) in [4.78, 5) is 6.65. The Morgan fingerprint density at radius 3 is 2.52 bits per heavy atom. The van der Waals surface area contributed by atoms with Crippen LogP contribution in [0.2, 0.25) is 5.02 Å². The number of fused-ring (bicyclic) bond motifs is 1. The predicted molar refractivity (Wildman–Crippen MR) is 107 cm³/mol. The molecule has 0 spiro atoms. The Kier molecular flexibility index (Phi) is 5.27. The van der Waals surface area contributed by atoms with E-state index in [-0.39, 0.29) is 10.6 Å². The first-order chi connectivity index (χ1) is 13.7. The third-order valence-electron chi connectivity index (χ3n) is 5.55. The van der Waals surface area contributed by atoms with Gasteiger partial charge < -0.3 is 5.11 Å². The first-order valence-electron chi connectivity index (χ1n) is 9.40. The molecule has 0 atom stereocenters. The van der Waals surface area contributed by atoms with Gasteiger partial charge in [0.25, 0.3) is 0 Å².